The van der Waals surface area contributed by atoms with Gasteiger partial charge in [-0.2, -0.15) is 0 Å². The second-order valence-electron chi connectivity index (χ2n) is 6.39. The molecule has 2 aromatic heterocycles. The first-order chi connectivity index (χ1) is 13.0. The van der Waals surface area contributed by atoms with Crippen molar-refractivity contribution < 1.29 is 13.9 Å². The lowest BCUT2D eigenvalue weighted by atomic mass is 10.2. The molecule has 0 saturated heterocycles. The molecular formula is C19H18FN3O3S. The smallest absolute Gasteiger partial charge is 0.262 e. The number of halogens is 1. The molecule has 140 valence electrons. The maximum atomic E-state index is 13.1. The number of aryl methyl sites for hydroxylation is 2. The molecule has 1 aliphatic rings. The van der Waals surface area contributed by atoms with E-state index in [1.165, 1.54) is 23.5 Å². The number of thiophene rings is 1. The highest BCUT2D eigenvalue weighted by Crippen LogP contribution is 2.28. The van der Waals surface area contributed by atoms with Gasteiger partial charge in [0.25, 0.3) is 11.5 Å². The number of ether oxygens (including phenoxy) is 1. The van der Waals surface area contributed by atoms with Crippen LogP contribution in [0.1, 0.15) is 27.5 Å². The molecular weight excluding hydrogens is 369 g/mol. The van der Waals surface area contributed by atoms with Crippen LogP contribution in [0.2, 0.25) is 0 Å². The maximum absolute atomic E-state index is 13.1. The SMILES string of the molecule is Cc1c(C(=O)NCCOc2cccc(F)c2)sc2nc3n(c(=O)c12)CCC3. The molecule has 0 saturated carbocycles. The molecule has 1 N–H and O–H groups in total. The summed E-state index contributed by atoms with van der Waals surface area (Å²) >= 11 is 1.24. The number of nitrogens with one attached hydrogen (secondary N) is 1. The molecule has 0 atom stereocenters. The molecule has 0 radical (unpaired) electrons. The van der Waals surface area contributed by atoms with E-state index in [1.807, 2.05) is 0 Å². The fraction of sp³-hybridized carbons (Fsp3) is 0.316. The van der Waals surface area contributed by atoms with Gasteiger partial charge in [0.15, 0.2) is 0 Å². The van der Waals surface area contributed by atoms with Gasteiger partial charge in [-0.15, -0.1) is 11.3 Å². The van der Waals surface area contributed by atoms with Gasteiger partial charge in [-0.05, 0) is 31.0 Å². The zero-order valence-corrected chi connectivity index (χ0v) is 15.6. The summed E-state index contributed by atoms with van der Waals surface area (Å²) in [7, 11) is 0. The predicted molar refractivity (Wildman–Crippen MR) is 101 cm³/mol. The van der Waals surface area contributed by atoms with Crippen LogP contribution in [0.15, 0.2) is 29.1 Å². The quantitative estimate of drug-likeness (QED) is 0.683. The third-order valence-electron chi connectivity index (χ3n) is 4.57. The van der Waals surface area contributed by atoms with Crippen LogP contribution in [-0.4, -0.2) is 28.6 Å². The number of amides is 1. The van der Waals surface area contributed by atoms with Crippen LogP contribution in [0.5, 0.6) is 5.75 Å². The van der Waals surface area contributed by atoms with Gasteiger partial charge < -0.3 is 10.1 Å². The van der Waals surface area contributed by atoms with E-state index in [2.05, 4.69) is 10.3 Å². The van der Waals surface area contributed by atoms with Gasteiger partial charge in [0.2, 0.25) is 0 Å². The Morgan fingerprint density at radius 3 is 3.11 bits per heavy atom. The molecule has 1 aromatic carbocycles. The van der Waals surface area contributed by atoms with E-state index >= 15 is 0 Å². The van der Waals surface area contributed by atoms with Crippen molar-refractivity contribution in [2.45, 2.75) is 26.3 Å². The third kappa shape index (κ3) is 3.32. The van der Waals surface area contributed by atoms with E-state index in [0.717, 1.165) is 18.7 Å². The Morgan fingerprint density at radius 2 is 2.30 bits per heavy atom. The molecule has 1 amide bonds. The van der Waals surface area contributed by atoms with Gasteiger partial charge in [0, 0.05) is 19.0 Å². The van der Waals surface area contributed by atoms with Crippen LogP contribution in [0.25, 0.3) is 10.2 Å². The van der Waals surface area contributed by atoms with Gasteiger partial charge in [-0.3, -0.25) is 14.2 Å². The summed E-state index contributed by atoms with van der Waals surface area (Å²) in [5.41, 5.74) is 0.605. The van der Waals surface area contributed by atoms with Gasteiger partial charge in [-0.1, -0.05) is 6.07 Å². The first-order valence-corrected chi connectivity index (χ1v) is 9.55. The summed E-state index contributed by atoms with van der Waals surface area (Å²) in [5.74, 6) is 0.573. The van der Waals surface area contributed by atoms with Gasteiger partial charge in [0.1, 0.15) is 28.8 Å². The van der Waals surface area contributed by atoms with Crippen molar-refractivity contribution in [2.75, 3.05) is 13.2 Å². The lowest BCUT2D eigenvalue weighted by molar-refractivity contribution is 0.0950. The van der Waals surface area contributed by atoms with Crippen LogP contribution in [-0.2, 0) is 13.0 Å². The van der Waals surface area contributed by atoms with Crippen molar-refractivity contribution in [1.29, 1.82) is 0 Å². The van der Waals surface area contributed by atoms with E-state index in [4.69, 9.17) is 4.74 Å². The van der Waals surface area contributed by atoms with Crippen molar-refractivity contribution in [3.8, 4) is 5.75 Å². The van der Waals surface area contributed by atoms with E-state index < -0.39 is 0 Å². The maximum Gasteiger partial charge on any atom is 0.262 e. The Labute approximate surface area is 158 Å². The molecule has 8 heteroatoms. The zero-order valence-electron chi connectivity index (χ0n) is 14.8. The van der Waals surface area contributed by atoms with Crippen LogP contribution in [0, 0.1) is 12.7 Å². The van der Waals surface area contributed by atoms with Crippen molar-refractivity contribution in [3.05, 3.63) is 56.7 Å². The van der Waals surface area contributed by atoms with Crippen LogP contribution < -0.4 is 15.6 Å². The molecule has 0 unspecified atom stereocenters. The summed E-state index contributed by atoms with van der Waals surface area (Å²) in [6.45, 7) is 2.95. The van der Waals surface area contributed by atoms with E-state index in [-0.39, 0.29) is 30.4 Å². The molecule has 0 spiro atoms. The molecule has 0 aliphatic carbocycles. The molecule has 3 aromatic rings. The van der Waals surface area contributed by atoms with E-state index in [9.17, 15) is 14.0 Å². The summed E-state index contributed by atoms with van der Waals surface area (Å²) in [4.78, 5) is 30.9. The predicted octanol–water partition coefficient (Wildman–Crippen LogP) is 2.66. The van der Waals surface area contributed by atoms with Gasteiger partial charge in [-0.25, -0.2) is 9.37 Å². The largest absolute Gasteiger partial charge is 0.492 e. The number of fused-ring (bicyclic) bond motifs is 2. The second kappa shape index (κ2) is 7.11. The highest BCUT2D eigenvalue weighted by Gasteiger charge is 2.23. The molecule has 1 aliphatic heterocycles. The molecule has 3 heterocycles. The monoisotopic (exact) mass is 387 g/mol. The molecule has 6 nitrogen and oxygen atoms in total. The van der Waals surface area contributed by atoms with Crippen molar-refractivity contribution >= 4 is 27.5 Å². The number of hydrogen-bond acceptors (Lipinski definition) is 5. The number of benzene rings is 1. The minimum Gasteiger partial charge on any atom is -0.492 e. The number of aromatic nitrogens is 2. The van der Waals surface area contributed by atoms with Gasteiger partial charge >= 0.3 is 0 Å². The standard InChI is InChI=1S/C19H18FN3O3S/c1-11-15-18(22-14-6-3-8-23(14)19(15)25)27-16(11)17(24)21-7-9-26-13-5-2-4-12(20)10-13/h2,4-5,10H,3,6-9H2,1H3,(H,21,24). The zero-order chi connectivity index (χ0) is 19.0. The number of nitrogens with zero attached hydrogens (tertiary/aromatic N) is 2. The Balaban J connectivity index is 1.46. The normalized spacial score (nSPS) is 13.0. The highest BCUT2D eigenvalue weighted by molar-refractivity contribution is 7.20. The van der Waals surface area contributed by atoms with Crippen LogP contribution in [0.4, 0.5) is 4.39 Å². The average Bonchev–Trinajstić information content (AvgIpc) is 3.24. The second-order valence-corrected chi connectivity index (χ2v) is 7.39. The Morgan fingerprint density at radius 1 is 1.44 bits per heavy atom. The minimum absolute atomic E-state index is 0.0604. The number of carbonyl (C=O) groups is 1. The van der Waals surface area contributed by atoms with Gasteiger partial charge in [0.05, 0.1) is 16.8 Å². The van der Waals surface area contributed by atoms with Crippen molar-refractivity contribution in [1.82, 2.24) is 14.9 Å². The van der Waals surface area contributed by atoms with E-state index in [1.54, 1.807) is 23.6 Å². The molecule has 0 fully saturated rings. The molecule has 4 rings (SSSR count). The first-order valence-electron chi connectivity index (χ1n) is 8.74. The Kier molecular flexibility index (Phi) is 4.65. The molecule has 27 heavy (non-hydrogen) atoms. The molecule has 0 bridgehead atoms. The number of carbonyl (C=O) groups excluding carboxylic acids is 1. The fourth-order valence-corrected chi connectivity index (χ4v) is 4.37. The van der Waals surface area contributed by atoms with Crippen molar-refractivity contribution in [3.63, 3.8) is 0 Å². The van der Waals surface area contributed by atoms with Crippen LogP contribution in [0.3, 0.4) is 0 Å². The Hall–Kier alpha value is -2.74. The summed E-state index contributed by atoms with van der Waals surface area (Å²) in [5, 5.41) is 3.31. The fourth-order valence-electron chi connectivity index (χ4n) is 3.26. The number of rotatable bonds is 5. The third-order valence-corrected chi connectivity index (χ3v) is 5.75. The number of hydrogen-bond donors (Lipinski definition) is 1. The average molecular weight is 387 g/mol. The van der Waals surface area contributed by atoms with Crippen LogP contribution >= 0.6 is 11.3 Å². The summed E-state index contributed by atoms with van der Waals surface area (Å²) in [6.07, 6.45) is 1.72. The lowest BCUT2D eigenvalue weighted by Crippen LogP contribution is -2.28. The topological polar surface area (TPSA) is 73.2 Å². The van der Waals surface area contributed by atoms with E-state index in [0.29, 0.717) is 33.0 Å². The summed E-state index contributed by atoms with van der Waals surface area (Å²) in [6, 6.07) is 5.84. The lowest BCUT2D eigenvalue weighted by Gasteiger charge is -2.07. The summed E-state index contributed by atoms with van der Waals surface area (Å²) < 4.78 is 20.2. The van der Waals surface area contributed by atoms with Crippen molar-refractivity contribution in [2.24, 2.45) is 0 Å². The minimum atomic E-state index is -0.372. The first kappa shape index (κ1) is 17.7. The Bertz CT molecular complexity index is 1090. The highest BCUT2D eigenvalue weighted by atomic mass is 32.1.